The highest BCUT2D eigenvalue weighted by atomic mass is 15.1. The van der Waals surface area contributed by atoms with Gasteiger partial charge < -0.3 is 0 Å². The summed E-state index contributed by atoms with van der Waals surface area (Å²) in [6.07, 6.45) is 3.79. The Balaban J connectivity index is 2.10. The highest BCUT2D eigenvalue weighted by Crippen LogP contribution is 2.29. The van der Waals surface area contributed by atoms with Crippen LogP contribution in [0.25, 0.3) is 33.2 Å². The van der Waals surface area contributed by atoms with E-state index >= 15 is 0 Å². The second kappa shape index (κ2) is 4.67. The van der Waals surface area contributed by atoms with E-state index in [-0.39, 0.29) is 0 Å². The fourth-order valence-corrected chi connectivity index (χ4v) is 3.41. The van der Waals surface area contributed by atoms with Gasteiger partial charge in [0.2, 0.25) is 0 Å². The first-order valence-corrected chi connectivity index (χ1v) is 7.45. The SMILES string of the molecule is Cc1c(-c2n(C)c3ccccc3[n+]2C)ccc2cnccc12. The maximum atomic E-state index is 4.22. The molecule has 108 valence electrons. The number of hydrogen-bond donors (Lipinski definition) is 0. The molecule has 0 N–H and O–H groups in total. The van der Waals surface area contributed by atoms with Crippen molar-refractivity contribution in [2.45, 2.75) is 6.92 Å². The smallest absolute Gasteiger partial charge is 0.264 e. The highest BCUT2D eigenvalue weighted by Gasteiger charge is 2.23. The van der Waals surface area contributed by atoms with Crippen LogP contribution in [0, 0.1) is 6.92 Å². The summed E-state index contributed by atoms with van der Waals surface area (Å²) in [4.78, 5) is 4.22. The number of imidazole rings is 1. The molecule has 0 saturated carbocycles. The van der Waals surface area contributed by atoms with Crippen LogP contribution in [-0.2, 0) is 14.1 Å². The van der Waals surface area contributed by atoms with Crippen molar-refractivity contribution in [1.29, 1.82) is 0 Å². The standard InChI is InChI=1S/C19H18N3/c1-13-15-10-11-20-12-14(15)8-9-16(13)19-21(2)17-6-4-5-7-18(17)22(19)3/h4-12H,1-3H3/q+1. The Morgan fingerprint density at radius 3 is 2.68 bits per heavy atom. The molecule has 0 amide bonds. The van der Waals surface area contributed by atoms with Crippen LogP contribution in [0.4, 0.5) is 0 Å². The lowest BCUT2D eigenvalue weighted by Crippen LogP contribution is -2.30. The first kappa shape index (κ1) is 13.0. The fraction of sp³-hybridized carbons (Fsp3) is 0.158. The third kappa shape index (κ3) is 1.69. The largest absolute Gasteiger partial charge is 0.289 e. The van der Waals surface area contributed by atoms with Crippen molar-refractivity contribution in [3.63, 3.8) is 0 Å². The fourth-order valence-electron chi connectivity index (χ4n) is 3.41. The number of aromatic nitrogens is 3. The van der Waals surface area contributed by atoms with Crippen LogP contribution in [0.5, 0.6) is 0 Å². The van der Waals surface area contributed by atoms with Gasteiger partial charge in [0.15, 0.2) is 11.0 Å². The van der Waals surface area contributed by atoms with Gasteiger partial charge in [0.1, 0.15) is 0 Å². The predicted molar refractivity (Wildman–Crippen MR) is 89.6 cm³/mol. The van der Waals surface area contributed by atoms with Crippen LogP contribution in [0.2, 0.25) is 0 Å². The maximum Gasteiger partial charge on any atom is 0.289 e. The summed E-state index contributed by atoms with van der Waals surface area (Å²) in [5.74, 6) is 1.22. The summed E-state index contributed by atoms with van der Waals surface area (Å²) in [5, 5.41) is 2.45. The number of nitrogens with zero attached hydrogens (tertiary/aromatic N) is 3. The van der Waals surface area contributed by atoms with Crippen LogP contribution in [-0.4, -0.2) is 9.55 Å². The summed E-state index contributed by atoms with van der Waals surface area (Å²) in [6.45, 7) is 2.19. The summed E-state index contributed by atoms with van der Waals surface area (Å²) < 4.78 is 4.54. The zero-order valence-electron chi connectivity index (χ0n) is 13.0. The number of para-hydroxylation sites is 2. The first-order chi connectivity index (χ1) is 10.7. The van der Waals surface area contributed by atoms with E-state index < -0.39 is 0 Å². The van der Waals surface area contributed by atoms with E-state index in [0.29, 0.717) is 0 Å². The van der Waals surface area contributed by atoms with Crippen LogP contribution in [0.3, 0.4) is 0 Å². The number of rotatable bonds is 1. The van der Waals surface area contributed by atoms with Gasteiger partial charge in [-0.15, -0.1) is 0 Å². The predicted octanol–water partition coefficient (Wildman–Crippen LogP) is 3.53. The normalized spacial score (nSPS) is 11.4. The zero-order chi connectivity index (χ0) is 15.3. The average molecular weight is 288 g/mol. The van der Waals surface area contributed by atoms with Crippen LogP contribution < -0.4 is 4.57 Å². The topological polar surface area (TPSA) is 21.7 Å². The van der Waals surface area contributed by atoms with Crippen molar-refractivity contribution in [2.75, 3.05) is 0 Å². The molecule has 4 aromatic rings. The molecular formula is C19H18N3+. The lowest BCUT2D eigenvalue weighted by molar-refractivity contribution is -0.634. The quantitative estimate of drug-likeness (QED) is 0.491. The summed E-state index contributed by atoms with van der Waals surface area (Å²) in [7, 11) is 4.27. The van der Waals surface area contributed by atoms with E-state index in [4.69, 9.17) is 0 Å². The second-order valence-corrected chi connectivity index (χ2v) is 5.77. The molecule has 0 bridgehead atoms. The first-order valence-electron chi connectivity index (χ1n) is 7.45. The van der Waals surface area contributed by atoms with Crippen LogP contribution in [0.1, 0.15) is 5.56 Å². The molecule has 22 heavy (non-hydrogen) atoms. The Kier molecular flexibility index (Phi) is 2.76. The van der Waals surface area contributed by atoms with Gasteiger partial charge in [0, 0.05) is 17.8 Å². The molecule has 2 aromatic heterocycles. The van der Waals surface area contributed by atoms with Gasteiger partial charge >= 0.3 is 0 Å². The number of benzene rings is 2. The lowest BCUT2D eigenvalue weighted by Gasteiger charge is -2.07. The van der Waals surface area contributed by atoms with Crippen molar-refractivity contribution in [2.24, 2.45) is 14.1 Å². The van der Waals surface area contributed by atoms with Gasteiger partial charge in [0.25, 0.3) is 5.82 Å². The Labute approximate surface area is 129 Å². The number of fused-ring (bicyclic) bond motifs is 2. The Bertz CT molecular complexity index is 973. The molecule has 0 radical (unpaired) electrons. The molecule has 0 fully saturated rings. The molecule has 3 nitrogen and oxygen atoms in total. The second-order valence-electron chi connectivity index (χ2n) is 5.77. The molecule has 4 rings (SSSR count). The molecule has 3 heteroatoms. The van der Waals surface area contributed by atoms with Crippen molar-refractivity contribution >= 4 is 21.8 Å². The molecule has 0 unspecified atom stereocenters. The number of aryl methyl sites for hydroxylation is 3. The van der Waals surface area contributed by atoms with Gasteiger partial charge in [-0.05, 0) is 42.1 Å². The maximum absolute atomic E-state index is 4.22. The monoisotopic (exact) mass is 288 g/mol. The molecular weight excluding hydrogens is 270 g/mol. The average Bonchev–Trinajstić information content (AvgIpc) is 2.81. The molecule has 0 atom stereocenters. The minimum atomic E-state index is 1.19. The number of hydrogen-bond acceptors (Lipinski definition) is 1. The van der Waals surface area contributed by atoms with Gasteiger partial charge in [-0.25, -0.2) is 9.13 Å². The van der Waals surface area contributed by atoms with E-state index in [9.17, 15) is 0 Å². The van der Waals surface area contributed by atoms with Gasteiger partial charge in [-0.2, -0.15) is 0 Å². The lowest BCUT2D eigenvalue weighted by atomic mass is 10.0. The highest BCUT2D eigenvalue weighted by molar-refractivity contribution is 5.90. The Morgan fingerprint density at radius 2 is 1.86 bits per heavy atom. The summed E-state index contributed by atoms with van der Waals surface area (Å²) >= 11 is 0. The molecule has 0 aliphatic heterocycles. The van der Waals surface area contributed by atoms with Crippen molar-refractivity contribution in [3.8, 4) is 11.4 Å². The zero-order valence-corrected chi connectivity index (χ0v) is 13.0. The Hall–Kier alpha value is -2.68. The molecule has 0 aliphatic carbocycles. The van der Waals surface area contributed by atoms with Crippen molar-refractivity contribution in [3.05, 3.63) is 60.4 Å². The van der Waals surface area contributed by atoms with E-state index in [1.54, 1.807) is 0 Å². The van der Waals surface area contributed by atoms with E-state index in [1.807, 2.05) is 12.4 Å². The summed E-state index contributed by atoms with van der Waals surface area (Å²) in [5.41, 5.74) is 5.05. The van der Waals surface area contributed by atoms with Crippen molar-refractivity contribution in [1.82, 2.24) is 9.55 Å². The van der Waals surface area contributed by atoms with Crippen LogP contribution in [0.15, 0.2) is 54.9 Å². The number of pyridine rings is 1. The summed E-state index contributed by atoms with van der Waals surface area (Å²) in [6, 6.07) is 15.0. The minimum Gasteiger partial charge on any atom is -0.264 e. The van der Waals surface area contributed by atoms with E-state index in [2.05, 4.69) is 77.6 Å². The molecule has 2 heterocycles. The molecule has 0 saturated heterocycles. The molecule has 2 aromatic carbocycles. The minimum absolute atomic E-state index is 1.19. The third-order valence-electron chi connectivity index (χ3n) is 4.57. The van der Waals surface area contributed by atoms with Gasteiger partial charge in [-0.1, -0.05) is 18.2 Å². The van der Waals surface area contributed by atoms with Crippen molar-refractivity contribution < 1.29 is 4.57 Å². The van der Waals surface area contributed by atoms with Crippen LogP contribution >= 0.6 is 0 Å². The molecule has 0 aliphatic rings. The van der Waals surface area contributed by atoms with Gasteiger partial charge in [0.05, 0.1) is 19.7 Å². The van der Waals surface area contributed by atoms with E-state index in [0.717, 1.165) is 0 Å². The van der Waals surface area contributed by atoms with E-state index in [1.165, 1.54) is 38.8 Å². The molecule has 0 spiro atoms. The van der Waals surface area contributed by atoms with Gasteiger partial charge in [-0.3, -0.25) is 4.98 Å². The Morgan fingerprint density at radius 1 is 1.05 bits per heavy atom. The third-order valence-corrected chi connectivity index (χ3v) is 4.57.